The van der Waals surface area contributed by atoms with E-state index in [1.165, 1.54) is 23.4 Å². The highest BCUT2D eigenvalue weighted by atomic mass is 35.5. The number of aryl methyl sites for hydroxylation is 1. The van der Waals surface area contributed by atoms with E-state index in [1.54, 1.807) is 37.4 Å². The number of hydrogen-bond acceptors (Lipinski definition) is 5. The highest BCUT2D eigenvalue weighted by molar-refractivity contribution is 7.99. The second-order valence-electron chi connectivity index (χ2n) is 5.91. The Morgan fingerprint density at radius 1 is 1.33 bits per heavy atom. The zero-order valence-electron chi connectivity index (χ0n) is 15.1. The van der Waals surface area contributed by atoms with Crippen molar-refractivity contribution in [3.05, 3.63) is 57.3 Å². The summed E-state index contributed by atoms with van der Waals surface area (Å²) in [5.74, 6) is 0.353. The zero-order chi connectivity index (χ0) is 19.6. The Balaban J connectivity index is 1.77. The van der Waals surface area contributed by atoms with Gasteiger partial charge in [0.15, 0.2) is 5.16 Å². The molecule has 3 rings (SSSR count). The molecule has 0 fully saturated rings. The zero-order valence-corrected chi connectivity index (χ0v) is 16.6. The molecule has 3 aromatic rings. The van der Waals surface area contributed by atoms with Gasteiger partial charge in [-0.15, -0.1) is 0 Å². The first-order valence-electron chi connectivity index (χ1n) is 8.13. The molecule has 1 amide bonds. The number of carbonyl (C=O) groups excluding carboxylic acids is 1. The van der Waals surface area contributed by atoms with E-state index in [0.717, 1.165) is 5.56 Å². The third-order valence-corrected chi connectivity index (χ3v) is 5.47. The average molecular weight is 404 g/mol. The number of ether oxygens (including phenoxy) is 1. The Hall–Kier alpha value is -2.51. The Morgan fingerprint density at radius 2 is 2.07 bits per heavy atom. The molecule has 8 heteroatoms. The summed E-state index contributed by atoms with van der Waals surface area (Å²) in [5, 5.41) is 4.41. The van der Waals surface area contributed by atoms with Gasteiger partial charge in [0, 0.05) is 18.1 Å². The molecule has 0 radical (unpaired) electrons. The number of carbonyl (C=O) groups is 1. The number of anilines is 1. The van der Waals surface area contributed by atoms with Crippen molar-refractivity contribution in [1.82, 2.24) is 9.55 Å². The summed E-state index contributed by atoms with van der Waals surface area (Å²) in [6.07, 6.45) is 0. The van der Waals surface area contributed by atoms with Crippen LogP contribution in [0.5, 0.6) is 5.75 Å². The van der Waals surface area contributed by atoms with E-state index >= 15 is 0 Å². The van der Waals surface area contributed by atoms with E-state index in [1.807, 2.05) is 13.0 Å². The van der Waals surface area contributed by atoms with Crippen LogP contribution in [0.4, 0.5) is 5.69 Å². The van der Waals surface area contributed by atoms with E-state index in [2.05, 4.69) is 10.3 Å². The molecule has 0 aliphatic rings. The molecule has 1 N–H and O–H groups in total. The first kappa shape index (κ1) is 19.3. The van der Waals surface area contributed by atoms with Gasteiger partial charge in [-0.3, -0.25) is 14.2 Å². The van der Waals surface area contributed by atoms with Crippen LogP contribution in [0.2, 0.25) is 5.02 Å². The number of hydrogen-bond donors (Lipinski definition) is 1. The Morgan fingerprint density at radius 3 is 2.81 bits per heavy atom. The molecule has 1 heterocycles. The van der Waals surface area contributed by atoms with Crippen LogP contribution >= 0.6 is 23.4 Å². The van der Waals surface area contributed by atoms with Crippen molar-refractivity contribution in [1.29, 1.82) is 0 Å². The standard InChI is InChI=1S/C19H18ClN3O3S/c1-11-8-15(16(26-3)9-13(11)20)21-17(24)10-27-19-22-14-7-5-4-6-12(14)18(25)23(19)2/h4-9H,10H2,1-3H3,(H,21,24). The Kier molecular flexibility index (Phi) is 5.72. The minimum atomic E-state index is -0.234. The molecule has 140 valence electrons. The summed E-state index contributed by atoms with van der Waals surface area (Å²) in [7, 11) is 3.16. The predicted molar refractivity (Wildman–Crippen MR) is 109 cm³/mol. The molecule has 0 aliphatic heterocycles. The van der Waals surface area contributed by atoms with Crippen LogP contribution in [0, 0.1) is 6.92 Å². The van der Waals surface area contributed by atoms with Crippen molar-refractivity contribution in [2.45, 2.75) is 12.1 Å². The second-order valence-corrected chi connectivity index (χ2v) is 7.26. The van der Waals surface area contributed by atoms with E-state index in [0.29, 0.717) is 32.5 Å². The first-order chi connectivity index (χ1) is 12.9. The molecule has 0 unspecified atom stereocenters. The molecule has 6 nitrogen and oxygen atoms in total. The lowest BCUT2D eigenvalue weighted by Crippen LogP contribution is -2.21. The number of para-hydroxylation sites is 1. The maximum Gasteiger partial charge on any atom is 0.261 e. The van der Waals surface area contributed by atoms with Crippen molar-refractivity contribution in [2.24, 2.45) is 7.05 Å². The minimum absolute atomic E-state index is 0.101. The number of rotatable bonds is 5. The van der Waals surface area contributed by atoms with Gasteiger partial charge in [-0.1, -0.05) is 35.5 Å². The fourth-order valence-corrected chi connectivity index (χ4v) is 3.50. The van der Waals surface area contributed by atoms with Gasteiger partial charge in [0.25, 0.3) is 5.56 Å². The van der Waals surface area contributed by atoms with E-state index in [-0.39, 0.29) is 17.2 Å². The third-order valence-electron chi connectivity index (χ3n) is 4.03. The van der Waals surface area contributed by atoms with Gasteiger partial charge < -0.3 is 10.1 Å². The lowest BCUT2D eigenvalue weighted by atomic mass is 10.2. The van der Waals surface area contributed by atoms with Crippen molar-refractivity contribution in [3.63, 3.8) is 0 Å². The molecule has 27 heavy (non-hydrogen) atoms. The normalized spacial score (nSPS) is 10.8. The van der Waals surface area contributed by atoms with Crippen LogP contribution in [0.25, 0.3) is 10.9 Å². The maximum atomic E-state index is 12.4. The molecule has 0 saturated heterocycles. The van der Waals surface area contributed by atoms with Crippen molar-refractivity contribution in [3.8, 4) is 5.75 Å². The number of nitrogens with one attached hydrogen (secondary N) is 1. The van der Waals surface area contributed by atoms with Crippen LogP contribution in [-0.4, -0.2) is 28.3 Å². The predicted octanol–water partition coefficient (Wildman–Crippen LogP) is 3.63. The van der Waals surface area contributed by atoms with Crippen molar-refractivity contribution < 1.29 is 9.53 Å². The number of benzene rings is 2. The van der Waals surface area contributed by atoms with Gasteiger partial charge in [0.05, 0.1) is 29.5 Å². The minimum Gasteiger partial charge on any atom is -0.495 e. The van der Waals surface area contributed by atoms with Crippen molar-refractivity contribution in [2.75, 3.05) is 18.2 Å². The van der Waals surface area contributed by atoms with Gasteiger partial charge in [-0.05, 0) is 30.7 Å². The number of halogens is 1. The van der Waals surface area contributed by atoms with Crippen LogP contribution in [0.15, 0.2) is 46.3 Å². The van der Waals surface area contributed by atoms with Gasteiger partial charge >= 0.3 is 0 Å². The SMILES string of the molecule is COc1cc(Cl)c(C)cc1NC(=O)CSc1nc2ccccc2c(=O)n1C. The number of methoxy groups -OCH3 is 1. The van der Waals surface area contributed by atoms with Crippen LogP contribution < -0.4 is 15.6 Å². The van der Waals surface area contributed by atoms with E-state index in [4.69, 9.17) is 16.3 Å². The average Bonchev–Trinajstić information content (AvgIpc) is 2.66. The largest absolute Gasteiger partial charge is 0.495 e. The van der Waals surface area contributed by atoms with Crippen LogP contribution in [0.3, 0.4) is 0 Å². The van der Waals surface area contributed by atoms with E-state index in [9.17, 15) is 9.59 Å². The molecule has 0 spiro atoms. The third kappa shape index (κ3) is 4.09. The van der Waals surface area contributed by atoms with E-state index < -0.39 is 0 Å². The smallest absolute Gasteiger partial charge is 0.261 e. The van der Waals surface area contributed by atoms with Gasteiger partial charge in [-0.2, -0.15) is 0 Å². The summed E-state index contributed by atoms with van der Waals surface area (Å²) in [6.45, 7) is 1.85. The number of aromatic nitrogens is 2. The molecule has 0 aliphatic carbocycles. The molecular formula is C19H18ClN3O3S. The summed E-state index contributed by atoms with van der Waals surface area (Å²) in [5.41, 5.74) is 1.85. The fourth-order valence-electron chi connectivity index (χ4n) is 2.57. The lowest BCUT2D eigenvalue weighted by Gasteiger charge is -2.12. The first-order valence-corrected chi connectivity index (χ1v) is 9.49. The number of nitrogens with zero attached hydrogens (tertiary/aromatic N) is 2. The van der Waals surface area contributed by atoms with Crippen LogP contribution in [0.1, 0.15) is 5.56 Å². The molecule has 1 aromatic heterocycles. The number of fused-ring (bicyclic) bond motifs is 1. The summed E-state index contributed by atoms with van der Waals surface area (Å²) < 4.78 is 6.72. The second kappa shape index (κ2) is 8.02. The monoisotopic (exact) mass is 403 g/mol. The summed E-state index contributed by atoms with van der Waals surface area (Å²) in [6, 6.07) is 10.6. The quantitative estimate of drug-likeness (QED) is 0.520. The molecule has 0 saturated carbocycles. The summed E-state index contributed by atoms with van der Waals surface area (Å²) in [4.78, 5) is 29.3. The number of thioether (sulfide) groups is 1. The fraction of sp³-hybridized carbons (Fsp3) is 0.211. The van der Waals surface area contributed by atoms with Gasteiger partial charge in [-0.25, -0.2) is 4.98 Å². The topological polar surface area (TPSA) is 73.2 Å². The highest BCUT2D eigenvalue weighted by Gasteiger charge is 2.13. The Bertz CT molecular complexity index is 1080. The van der Waals surface area contributed by atoms with Crippen LogP contribution in [-0.2, 0) is 11.8 Å². The van der Waals surface area contributed by atoms with Crippen molar-refractivity contribution >= 4 is 45.9 Å². The van der Waals surface area contributed by atoms with Gasteiger partial charge in [0.2, 0.25) is 5.91 Å². The number of amides is 1. The summed E-state index contributed by atoms with van der Waals surface area (Å²) >= 11 is 7.28. The lowest BCUT2D eigenvalue weighted by molar-refractivity contribution is -0.113. The molecular weight excluding hydrogens is 386 g/mol. The van der Waals surface area contributed by atoms with Gasteiger partial charge in [0.1, 0.15) is 5.75 Å². The molecule has 2 aromatic carbocycles. The molecule has 0 atom stereocenters. The molecule has 0 bridgehead atoms. The maximum absolute atomic E-state index is 12.4. The Labute approximate surface area is 165 Å². The highest BCUT2D eigenvalue weighted by Crippen LogP contribution is 2.31.